The van der Waals surface area contributed by atoms with E-state index in [2.05, 4.69) is 46.9 Å². The maximum atomic E-state index is 12.6. The van der Waals surface area contributed by atoms with Crippen molar-refractivity contribution >= 4 is 11.7 Å². The van der Waals surface area contributed by atoms with Crippen LogP contribution in [-0.2, 0) is 0 Å². The summed E-state index contributed by atoms with van der Waals surface area (Å²) in [6, 6.07) is 2.77. The van der Waals surface area contributed by atoms with E-state index in [0.717, 1.165) is 52.2 Å². The fourth-order valence-electron chi connectivity index (χ4n) is 4.02. The zero-order chi connectivity index (χ0) is 18.5. The first-order valence-corrected chi connectivity index (χ1v) is 9.97. The van der Waals surface area contributed by atoms with E-state index in [9.17, 15) is 4.79 Å². The fourth-order valence-corrected chi connectivity index (χ4v) is 4.02. The number of carbonyl (C=O) groups is 1. The summed E-state index contributed by atoms with van der Waals surface area (Å²) in [6.45, 7) is 13.1. The summed E-state index contributed by atoms with van der Waals surface area (Å²) in [7, 11) is 0. The van der Waals surface area contributed by atoms with Crippen LogP contribution in [0.15, 0.2) is 18.5 Å². The molecule has 1 aromatic rings. The van der Waals surface area contributed by atoms with Crippen LogP contribution in [0, 0.1) is 12.8 Å². The molecule has 0 spiro atoms. The van der Waals surface area contributed by atoms with Crippen LogP contribution in [0.2, 0.25) is 0 Å². The van der Waals surface area contributed by atoms with E-state index in [4.69, 9.17) is 0 Å². The van der Waals surface area contributed by atoms with Crippen molar-refractivity contribution in [2.45, 2.75) is 39.7 Å². The van der Waals surface area contributed by atoms with Gasteiger partial charge >= 0.3 is 6.03 Å². The van der Waals surface area contributed by atoms with Gasteiger partial charge in [0.05, 0.1) is 0 Å². The zero-order valence-electron chi connectivity index (χ0n) is 16.4. The van der Waals surface area contributed by atoms with Crippen molar-refractivity contribution < 1.29 is 4.79 Å². The quantitative estimate of drug-likeness (QED) is 0.897. The molecule has 1 aromatic heterocycles. The van der Waals surface area contributed by atoms with Crippen molar-refractivity contribution in [2.24, 2.45) is 5.92 Å². The van der Waals surface area contributed by atoms with Gasteiger partial charge in [0.25, 0.3) is 0 Å². The van der Waals surface area contributed by atoms with Gasteiger partial charge < -0.3 is 20.0 Å². The molecule has 0 radical (unpaired) electrons. The fraction of sp³-hybridized carbons (Fsp3) is 0.700. The summed E-state index contributed by atoms with van der Waals surface area (Å²) < 4.78 is 0. The Labute approximate surface area is 157 Å². The van der Waals surface area contributed by atoms with Crippen LogP contribution in [0.5, 0.6) is 0 Å². The number of hydrogen-bond donors (Lipinski definition) is 1. The summed E-state index contributed by atoms with van der Waals surface area (Å²) in [4.78, 5) is 23.6. The van der Waals surface area contributed by atoms with Crippen molar-refractivity contribution in [3.63, 3.8) is 0 Å². The number of amides is 2. The maximum absolute atomic E-state index is 12.6. The normalized spacial score (nSPS) is 21.9. The smallest absolute Gasteiger partial charge is 0.317 e. The number of carbonyl (C=O) groups excluding carboxylic acids is 1. The van der Waals surface area contributed by atoms with Crippen LogP contribution >= 0.6 is 0 Å². The molecule has 1 N–H and O–H groups in total. The lowest BCUT2D eigenvalue weighted by atomic mass is 10.1. The van der Waals surface area contributed by atoms with Gasteiger partial charge in [-0.2, -0.15) is 0 Å². The molecule has 2 aliphatic heterocycles. The highest BCUT2D eigenvalue weighted by atomic mass is 16.2. The monoisotopic (exact) mass is 359 g/mol. The molecule has 0 saturated carbocycles. The summed E-state index contributed by atoms with van der Waals surface area (Å²) in [6.07, 6.45) is 5.94. The second-order valence-corrected chi connectivity index (χ2v) is 7.92. The summed E-state index contributed by atoms with van der Waals surface area (Å²) in [5, 5.41) is 3.18. The molecule has 0 aliphatic carbocycles. The van der Waals surface area contributed by atoms with Gasteiger partial charge in [-0.15, -0.1) is 0 Å². The molecular weight excluding hydrogens is 326 g/mol. The van der Waals surface area contributed by atoms with Crippen molar-refractivity contribution in [3.8, 4) is 0 Å². The number of anilines is 1. The molecule has 2 aliphatic rings. The van der Waals surface area contributed by atoms with Crippen LogP contribution in [-0.4, -0.2) is 72.7 Å². The van der Waals surface area contributed by atoms with Crippen molar-refractivity contribution in [1.82, 2.24) is 20.1 Å². The van der Waals surface area contributed by atoms with E-state index >= 15 is 0 Å². The van der Waals surface area contributed by atoms with Crippen molar-refractivity contribution in [1.29, 1.82) is 0 Å². The van der Waals surface area contributed by atoms with Gasteiger partial charge in [0, 0.05) is 63.4 Å². The molecule has 1 atom stereocenters. The molecule has 0 unspecified atom stereocenters. The van der Waals surface area contributed by atoms with Gasteiger partial charge in [-0.3, -0.25) is 4.98 Å². The minimum absolute atomic E-state index is 0.0984. The molecule has 0 bridgehead atoms. The molecule has 3 rings (SSSR count). The third-order valence-corrected chi connectivity index (χ3v) is 5.70. The first kappa shape index (κ1) is 19.0. The molecule has 2 amide bonds. The number of aryl methyl sites for hydroxylation is 1. The third-order valence-electron chi connectivity index (χ3n) is 5.70. The second-order valence-electron chi connectivity index (χ2n) is 7.92. The minimum Gasteiger partial charge on any atom is -0.369 e. The number of urea groups is 1. The molecule has 6 heteroatoms. The lowest BCUT2D eigenvalue weighted by Gasteiger charge is -2.25. The Kier molecular flexibility index (Phi) is 6.35. The number of likely N-dealkylation sites (tertiary alicyclic amines) is 1. The van der Waals surface area contributed by atoms with E-state index in [0.29, 0.717) is 12.0 Å². The van der Waals surface area contributed by atoms with Gasteiger partial charge in [0.15, 0.2) is 0 Å². The number of hydrogen-bond acceptors (Lipinski definition) is 4. The first-order valence-electron chi connectivity index (χ1n) is 9.97. The molecule has 26 heavy (non-hydrogen) atoms. The van der Waals surface area contributed by atoms with Crippen LogP contribution in [0.1, 0.15) is 32.3 Å². The van der Waals surface area contributed by atoms with Crippen molar-refractivity contribution in [2.75, 3.05) is 50.7 Å². The summed E-state index contributed by atoms with van der Waals surface area (Å²) in [5.41, 5.74) is 2.43. The number of rotatable bonds is 4. The predicted octanol–water partition coefficient (Wildman–Crippen LogP) is 2.34. The molecule has 6 nitrogen and oxygen atoms in total. The molecule has 0 aromatic carbocycles. The number of pyridine rings is 1. The van der Waals surface area contributed by atoms with Gasteiger partial charge in [-0.05, 0) is 57.7 Å². The van der Waals surface area contributed by atoms with Crippen molar-refractivity contribution in [3.05, 3.63) is 24.0 Å². The predicted molar refractivity (Wildman–Crippen MR) is 106 cm³/mol. The second kappa shape index (κ2) is 8.71. The Morgan fingerprint density at radius 2 is 2.12 bits per heavy atom. The van der Waals surface area contributed by atoms with Gasteiger partial charge in [-0.1, -0.05) is 0 Å². The zero-order valence-corrected chi connectivity index (χ0v) is 16.4. The van der Waals surface area contributed by atoms with E-state index in [1.165, 1.54) is 17.7 Å². The Hall–Kier alpha value is -1.82. The van der Waals surface area contributed by atoms with E-state index in [1.807, 2.05) is 17.3 Å². The summed E-state index contributed by atoms with van der Waals surface area (Å²) >= 11 is 0. The average molecular weight is 360 g/mol. The average Bonchev–Trinajstić information content (AvgIpc) is 2.97. The van der Waals surface area contributed by atoms with Crippen LogP contribution in [0.25, 0.3) is 0 Å². The van der Waals surface area contributed by atoms with Crippen LogP contribution < -0.4 is 10.2 Å². The highest BCUT2D eigenvalue weighted by Crippen LogP contribution is 2.20. The standard InChI is InChI=1S/C20H33N5O/c1-16(2)25-10-6-18(15-25)14-22-20(26)24-9-4-8-23(11-12-24)19-5-7-21-13-17(19)3/h5,7,13,16,18H,4,6,8-12,14-15H2,1-3H3,(H,22,26)/t18-/m1/s1. The Balaban J connectivity index is 1.47. The van der Waals surface area contributed by atoms with E-state index in [1.54, 1.807) is 0 Å². The Bertz CT molecular complexity index is 606. The topological polar surface area (TPSA) is 51.7 Å². The van der Waals surface area contributed by atoms with Crippen LogP contribution in [0.3, 0.4) is 0 Å². The lowest BCUT2D eigenvalue weighted by Crippen LogP contribution is -2.44. The SMILES string of the molecule is Cc1cnccc1N1CCCN(C(=O)NC[C@H]2CCN(C(C)C)C2)CC1. The number of aromatic nitrogens is 1. The summed E-state index contributed by atoms with van der Waals surface area (Å²) in [5.74, 6) is 0.587. The Morgan fingerprint density at radius 1 is 1.27 bits per heavy atom. The molecule has 3 heterocycles. The van der Waals surface area contributed by atoms with Crippen LogP contribution in [0.4, 0.5) is 10.5 Å². The highest BCUT2D eigenvalue weighted by molar-refractivity contribution is 5.74. The molecule has 2 fully saturated rings. The molecule has 2 saturated heterocycles. The number of nitrogens with zero attached hydrogens (tertiary/aromatic N) is 4. The highest BCUT2D eigenvalue weighted by Gasteiger charge is 2.25. The molecule has 144 valence electrons. The lowest BCUT2D eigenvalue weighted by molar-refractivity contribution is 0.199. The number of nitrogens with one attached hydrogen (secondary N) is 1. The first-order chi connectivity index (χ1) is 12.5. The Morgan fingerprint density at radius 3 is 2.85 bits per heavy atom. The van der Waals surface area contributed by atoms with Gasteiger partial charge in [0.1, 0.15) is 0 Å². The third kappa shape index (κ3) is 4.67. The van der Waals surface area contributed by atoms with E-state index < -0.39 is 0 Å². The van der Waals surface area contributed by atoms with Gasteiger partial charge in [-0.25, -0.2) is 4.79 Å². The van der Waals surface area contributed by atoms with E-state index in [-0.39, 0.29) is 6.03 Å². The molecular formula is C20H33N5O. The maximum Gasteiger partial charge on any atom is 0.317 e. The largest absolute Gasteiger partial charge is 0.369 e. The van der Waals surface area contributed by atoms with Gasteiger partial charge in [0.2, 0.25) is 0 Å². The minimum atomic E-state index is 0.0984.